The summed E-state index contributed by atoms with van der Waals surface area (Å²) in [5.74, 6) is 1.59. The van der Waals surface area contributed by atoms with Crippen LogP contribution in [-0.2, 0) is 0 Å². The third kappa shape index (κ3) is 2.76. The molecular formula is C15H21NO2S2. The van der Waals surface area contributed by atoms with Gasteiger partial charge in [0.25, 0.3) is 5.91 Å². The largest absolute Gasteiger partial charge is 0.387 e. The lowest BCUT2D eigenvalue weighted by Gasteiger charge is -2.45. The third-order valence-electron chi connectivity index (χ3n) is 4.28. The highest BCUT2D eigenvalue weighted by Gasteiger charge is 2.45. The Hall–Kier alpha value is -0.520. The minimum absolute atomic E-state index is 0.0116. The molecule has 20 heavy (non-hydrogen) atoms. The maximum atomic E-state index is 12.3. The highest BCUT2D eigenvalue weighted by atomic mass is 32.2. The van der Waals surface area contributed by atoms with E-state index in [0.29, 0.717) is 12.5 Å². The van der Waals surface area contributed by atoms with Gasteiger partial charge < -0.3 is 10.4 Å². The van der Waals surface area contributed by atoms with Crippen molar-refractivity contribution < 1.29 is 9.90 Å². The van der Waals surface area contributed by atoms with Gasteiger partial charge in [0.05, 0.1) is 10.5 Å². The first-order valence-electron chi connectivity index (χ1n) is 7.33. The van der Waals surface area contributed by atoms with Gasteiger partial charge in [0.15, 0.2) is 0 Å². The summed E-state index contributed by atoms with van der Waals surface area (Å²) < 4.78 is 0. The summed E-state index contributed by atoms with van der Waals surface area (Å²) in [6.07, 6.45) is 4.26. The molecule has 3 nitrogen and oxygen atoms in total. The molecule has 3 rings (SSSR count). The lowest BCUT2D eigenvalue weighted by atomic mass is 9.79. The maximum Gasteiger partial charge on any atom is 0.261 e. The summed E-state index contributed by atoms with van der Waals surface area (Å²) in [6.45, 7) is 2.49. The van der Waals surface area contributed by atoms with Gasteiger partial charge in [-0.2, -0.15) is 11.8 Å². The summed E-state index contributed by atoms with van der Waals surface area (Å²) in [5, 5.41) is 15.7. The quantitative estimate of drug-likeness (QED) is 0.849. The number of carbonyl (C=O) groups is 1. The Kier molecular flexibility index (Phi) is 4.11. The van der Waals surface area contributed by atoms with Crippen molar-refractivity contribution in [3.63, 3.8) is 0 Å². The number of hydrogen-bond acceptors (Lipinski definition) is 4. The Bertz CT molecular complexity index is 498. The van der Waals surface area contributed by atoms with Gasteiger partial charge >= 0.3 is 0 Å². The SMILES string of the molecule is CCS[C@H]1CC[C@]1(O)CNC(=O)c1sccc1C1CC1. The molecule has 0 aromatic carbocycles. The van der Waals surface area contributed by atoms with E-state index in [1.165, 1.54) is 29.7 Å². The van der Waals surface area contributed by atoms with Gasteiger partial charge in [0.1, 0.15) is 0 Å². The smallest absolute Gasteiger partial charge is 0.261 e. The molecule has 1 aromatic heterocycles. The molecule has 2 saturated carbocycles. The van der Waals surface area contributed by atoms with Crippen LogP contribution in [0, 0.1) is 0 Å². The number of amides is 1. The zero-order valence-electron chi connectivity index (χ0n) is 11.7. The van der Waals surface area contributed by atoms with E-state index in [9.17, 15) is 9.90 Å². The van der Waals surface area contributed by atoms with E-state index >= 15 is 0 Å². The van der Waals surface area contributed by atoms with Gasteiger partial charge in [-0.1, -0.05) is 6.92 Å². The molecule has 1 amide bonds. The number of thiophene rings is 1. The van der Waals surface area contributed by atoms with Crippen molar-refractivity contribution in [3.8, 4) is 0 Å². The Morgan fingerprint density at radius 3 is 2.95 bits per heavy atom. The molecular weight excluding hydrogens is 290 g/mol. The predicted molar refractivity (Wildman–Crippen MR) is 84.7 cm³/mol. The fourth-order valence-corrected chi connectivity index (χ4v) is 4.87. The number of hydrogen-bond donors (Lipinski definition) is 2. The molecule has 0 saturated heterocycles. The van der Waals surface area contributed by atoms with E-state index in [1.807, 2.05) is 5.38 Å². The maximum absolute atomic E-state index is 12.3. The Morgan fingerprint density at radius 1 is 1.55 bits per heavy atom. The molecule has 0 radical (unpaired) electrons. The van der Waals surface area contributed by atoms with Gasteiger partial charge in [-0.15, -0.1) is 11.3 Å². The number of nitrogens with one attached hydrogen (secondary N) is 1. The van der Waals surface area contributed by atoms with E-state index in [0.717, 1.165) is 23.5 Å². The van der Waals surface area contributed by atoms with E-state index in [4.69, 9.17) is 0 Å². The normalized spacial score (nSPS) is 29.0. The minimum atomic E-state index is -0.701. The van der Waals surface area contributed by atoms with Gasteiger partial charge in [-0.3, -0.25) is 4.79 Å². The molecule has 1 aromatic rings. The van der Waals surface area contributed by atoms with Crippen molar-refractivity contribution in [1.82, 2.24) is 5.32 Å². The van der Waals surface area contributed by atoms with Crippen LogP contribution in [0.15, 0.2) is 11.4 Å². The Labute approximate surface area is 128 Å². The molecule has 0 unspecified atom stereocenters. The minimum Gasteiger partial charge on any atom is -0.387 e. The number of thioether (sulfide) groups is 1. The summed E-state index contributed by atoms with van der Waals surface area (Å²) in [5.41, 5.74) is 0.500. The summed E-state index contributed by atoms with van der Waals surface area (Å²) in [7, 11) is 0. The first-order valence-corrected chi connectivity index (χ1v) is 9.26. The molecule has 0 aliphatic heterocycles. The average molecular weight is 311 g/mol. The molecule has 0 bridgehead atoms. The summed E-state index contributed by atoms with van der Waals surface area (Å²) >= 11 is 3.31. The van der Waals surface area contributed by atoms with E-state index in [1.54, 1.807) is 11.8 Å². The highest BCUT2D eigenvalue weighted by Crippen LogP contribution is 2.43. The van der Waals surface area contributed by atoms with Crippen LogP contribution in [-0.4, -0.2) is 34.2 Å². The third-order valence-corrected chi connectivity index (χ3v) is 6.62. The lowest BCUT2D eigenvalue weighted by Crippen LogP contribution is -2.57. The van der Waals surface area contributed by atoms with E-state index in [-0.39, 0.29) is 11.2 Å². The second-order valence-corrected chi connectivity index (χ2v) is 8.14. The van der Waals surface area contributed by atoms with Crippen molar-refractivity contribution in [1.29, 1.82) is 0 Å². The van der Waals surface area contributed by atoms with Crippen molar-refractivity contribution in [2.24, 2.45) is 0 Å². The molecule has 2 atom stereocenters. The summed E-state index contributed by atoms with van der Waals surface area (Å²) in [4.78, 5) is 13.1. The standard InChI is InChI=1S/C15H21NO2S2/c1-2-19-12-5-7-15(12,18)9-16-14(17)13-11(6-8-20-13)10-3-4-10/h6,8,10,12,18H,2-5,7,9H2,1H3,(H,16,17)/t12-,15-/m0/s1. The molecule has 0 spiro atoms. The van der Waals surface area contributed by atoms with E-state index in [2.05, 4.69) is 18.3 Å². The summed E-state index contributed by atoms with van der Waals surface area (Å²) in [6, 6.07) is 2.07. The predicted octanol–water partition coefficient (Wildman–Crippen LogP) is 3.00. The van der Waals surface area contributed by atoms with Crippen molar-refractivity contribution in [3.05, 3.63) is 21.9 Å². The molecule has 2 fully saturated rings. The zero-order valence-corrected chi connectivity index (χ0v) is 13.4. The van der Waals surface area contributed by atoms with Crippen LogP contribution in [0.3, 0.4) is 0 Å². The highest BCUT2D eigenvalue weighted by molar-refractivity contribution is 8.00. The van der Waals surface area contributed by atoms with Crippen LogP contribution in [0.2, 0.25) is 0 Å². The Balaban J connectivity index is 1.58. The van der Waals surface area contributed by atoms with Crippen LogP contribution < -0.4 is 5.32 Å². The molecule has 2 N–H and O–H groups in total. The second kappa shape index (κ2) is 5.70. The van der Waals surface area contributed by atoms with Crippen molar-refractivity contribution >= 4 is 29.0 Å². The van der Waals surface area contributed by atoms with Gasteiger partial charge in [0.2, 0.25) is 0 Å². The first kappa shape index (κ1) is 14.4. The first-order chi connectivity index (χ1) is 9.64. The number of carbonyl (C=O) groups excluding carboxylic acids is 1. The zero-order chi connectivity index (χ0) is 14.2. The lowest BCUT2D eigenvalue weighted by molar-refractivity contribution is -0.0221. The van der Waals surface area contributed by atoms with Crippen LogP contribution in [0.5, 0.6) is 0 Å². The van der Waals surface area contributed by atoms with Crippen LogP contribution in [0.25, 0.3) is 0 Å². The fourth-order valence-electron chi connectivity index (χ4n) is 2.77. The second-order valence-electron chi connectivity index (χ2n) is 5.75. The number of rotatable bonds is 6. The Morgan fingerprint density at radius 2 is 2.35 bits per heavy atom. The molecule has 2 aliphatic carbocycles. The topological polar surface area (TPSA) is 49.3 Å². The van der Waals surface area contributed by atoms with Crippen LogP contribution >= 0.6 is 23.1 Å². The van der Waals surface area contributed by atoms with Crippen LogP contribution in [0.4, 0.5) is 0 Å². The monoisotopic (exact) mass is 311 g/mol. The molecule has 2 aliphatic rings. The van der Waals surface area contributed by atoms with Gasteiger partial charge in [-0.05, 0) is 54.4 Å². The van der Waals surface area contributed by atoms with Gasteiger partial charge in [0, 0.05) is 11.8 Å². The van der Waals surface area contributed by atoms with Gasteiger partial charge in [-0.25, -0.2) is 0 Å². The number of aliphatic hydroxyl groups is 1. The van der Waals surface area contributed by atoms with Crippen LogP contribution in [0.1, 0.15) is 53.8 Å². The van der Waals surface area contributed by atoms with Crippen molar-refractivity contribution in [2.45, 2.75) is 49.4 Å². The fraction of sp³-hybridized carbons (Fsp3) is 0.667. The average Bonchev–Trinajstić information content (AvgIpc) is 3.17. The van der Waals surface area contributed by atoms with E-state index < -0.39 is 5.60 Å². The molecule has 1 heterocycles. The molecule has 5 heteroatoms. The van der Waals surface area contributed by atoms with Crippen molar-refractivity contribution in [2.75, 3.05) is 12.3 Å². The molecule has 110 valence electrons.